The number of thiophene rings is 1. The smallest absolute Gasteiger partial charge is 0.241 e. The fourth-order valence-corrected chi connectivity index (χ4v) is 4.15. The van der Waals surface area contributed by atoms with Gasteiger partial charge < -0.3 is 9.80 Å². The Morgan fingerprint density at radius 2 is 2.35 bits per heavy atom. The van der Waals surface area contributed by atoms with Gasteiger partial charge in [-0.05, 0) is 50.7 Å². The van der Waals surface area contributed by atoms with Crippen LogP contribution in [0.15, 0.2) is 17.5 Å². The van der Waals surface area contributed by atoms with Gasteiger partial charge in [-0.3, -0.25) is 10.1 Å². The Morgan fingerprint density at radius 1 is 1.50 bits per heavy atom. The number of likely N-dealkylation sites (tertiary alicyclic amines) is 1. The summed E-state index contributed by atoms with van der Waals surface area (Å²) in [5.41, 5.74) is 0. The van der Waals surface area contributed by atoms with E-state index in [1.54, 1.807) is 11.3 Å². The van der Waals surface area contributed by atoms with Gasteiger partial charge >= 0.3 is 0 Å². The molecule has 2 aliphatic heterocycles. The largest absolute Gasteiger partial charge is 0.320 e. The molecule has 20 heavy (non-hydrogen) atoms. The van der Waals surface area contributed by atoms with Crippen molar-refractivity contribution in [2.24, 2.45) is 5.92 Å². The molecule has 2 aliphatic rings. The van der Waals surface area contributed by atoms with Gasteiger partial charge in [-0.1, -0.05) is 6.07 Å². The van der Waals surface area contributed by atoms with E-state index in [-0.39, 0.29) is 18.1 Å². The molecule has 110 valence electrons. The summed E-state index contributed by atoms with van der Waals surface area (Å²) in [5.74, 6) is 0.851. The molecule has 0 saturated carbocycles. The van der Waals surface area contributed by atoms with Crippen molar-refractivity contribution in [3.8, 4) is 0 Å². The molecule has 0 radical (unpaired) electrons. The highest BCUT2D eigenvalue weighted by atomic mass is 32.1. The molecule has 1 N–H and O–H groups in total. The van der Waals surface area contributed by atoms with Crippen molar-refractivity contribution in [2.45, 2.75) is 32.0 Å². The number of piperidine rings is 1. The van der Waals surface area contributed by atoms with E-state index in [1.165, 1.54) is 24.3 Å². The van der Waals surface area contributed by atoms with Crippen molar-refractivity contribution in [2.75, 3.05) is 26.7 Å². The van der Waals surface area contributed by atoms with Crippen molar-refractivity contribution < 1.29 is 4.79 Å². The second-order valence-corrected chi connectivity index (χ2v) is 7.05. The van der Waals surface area contributed by atoms with Crippen LogP contribution in [0.4, 0.5) is 0 Å². The van der Waals surface area contributed by atoms with E-state index in [0.29, 0.717) is 5.92 Å². The first-order chi connectivity index (χ1) is 9.65. The molecule has 1 aromatic rings. The fourth-order valence-electron chi connectivity index (χ4n) is 3.35. The molecule has 4 nitrogen and oxygen atoms in total. The average Bonchev–Trinajstić information content (AvgIpc) is 3.03. The van der Waals surface area contributed by atoms with Crippen LogP contribution in [0.3, 0.4) is 0 Å². The molecule has 3 unspecified atom stereocenters. The SMILES string of the molecule is CC1NC(c2cccs2)N(CC2CCCN(C)C2)C1=O. The summed E-state index contributed by atoms with van der Waals surface area (Å²) in [6.45, 7) is 5.14. The summed E-state index contributed by atoms with van der Waals surface area (Å²) in [5, 5.41) is 5.51. The molecule has 2 saturated heterocycles. The fraction of sp³-hybridized carbons (Fsp3) is 0.667. The maximum absolute atomic E-state index is 12.4. The van der Waals surface area contributed by atoms with Crippen molar-refractivity contribution in [1.82, 2.24) is 15.1 Å². The Balaban J connectivity index is 1.73. The Morgan fingerprint density at radius 3 is 3.05 bits per heavy atom. The van der Waals surface area contributed by atoms with Crippen molar-refractivity contribution in [3.63, 3.8) is 0 Å². The molecule has 5 heteroatoms. The van der Waals surface area contributed by atoms with Crippen LogP contribution in [-0.4, -0.2) is 48.4 Å². The van der Waals surface area contributed by atoms with Crippen LogP contribution in [0.1, 0.15) is 30.8 Å². The molecule has 3 heterocycles. The number of rotatable bonds is 3. The maximum atomic E-state index is 12.4. The zero-order chi connectivity index (χ0) is 14.1. The predicted octanol–water partition coefficient (Wildman–Crippen LogP) is 1.91. The van der Waals surface area contributed by atoms with Gasteiger partial charge in [0.05, 0.1) is 6.04 Å². The van der Waals surface area contributed by atoms with Crippen LogP contribution < -0.4 is 5.32 Å². The van der Waals surface area contributed by atoms with E-state index in [1.807, 2.05) is 6.92 Å². The standard InChI is InChI=1S/C15H23N3OS/c1-11-15(19)18(10-12-5-3-7-17(2)9-12)14(16-11)13-6-4-8-20-13/h4,6,8,11-12,14,16H,3,5,7,9-10H2,1-2H3. The molecule has 0 bridgehead atoms. The molecular formula is C15H23N3OS. The molecule has 3 rings (SSSR count). The van der Waals surface area contributed by atoms with Crippen LogP contribution >= 0.6 is 11.3 Å². The lowest BCUT2D eigenvalue weighted by Crippen LogP contribution is -2.41. The van der Waals surface area contributed by atoms with Gasteiger partial charge in [-0.25, -0.2) is 0 Å². The van der Waals surface area contributed by atoms with E-state index in [0.717, 1.165) is 13.1 Å². The normalized spacial score (nSPS) is 32.0. The first-order valence-electron chi connectivity index (χ1n) is 7.43. The zero-order valence-corrected chi connectivity index (χ0v) is 13.0. The molecular weight excluding hydrogens is 270 g/mol. The monoisotopic (exact) mass is 293 g/mol. The molecule has 1 aromatic heterocycles. The Hall–Kier alpha value is -0.910. The van der Waals surface area contributed by atoms with Crippen molar-refractivity contribution in [3.05, 3.63) is 22.4 Å². The molecule has 0 aliphatic carbocycles. The van der Waals surface area contributed by atoms with Crippen molar-refractivity contribution in [1.29, 1.82) is 0 Å². The van der Waals surface area contributed by atoms with Crippen LogP contribution in [-0.2, 0) is 4.79 Å². The van der Waals surface area contributed by atoms with E-state index in [9.17, 15) is 4.79 Å². The summed E-state index contributed by atoms with van der Waals surface area (Å²) < 4.78 is 0. The number of hydrogen-bond donors (Lipinski definition) is 1. The Labute approximate surface area is 124 Å². The van der Waals surface area contributed by atoms with Crippen LogP contribution in [0.5, 0.6) is 0 Å². The van der Waals surface area contributed by atoms with Gasteiger partial charge in [0.25, 0.3) is 0 Å². The van der Waals surface area contributed by atoms with Gasteiger partial charge in [0.1, 0.15) is 6.17 Å². The lowest BCUT2D eigenvalue weighted by molar-refractivity contribution is -0.130. The average molecular weight is 293 g/mol. The lowest BCUT2D eigenvalue weighted by atomic mass is 9.97. The molecule has 0 spiro atoms. The van der Waals surface area contributed by atoms with Gasteiger partial charge in [-0.15, -0.1) is 11.3 Å². The van der Waals surface area contributed by atoms with Gasteiger partial charge in [0.2, 0.25) is 5.91 Å². The number of nitrogens with zero attached hydrogens (tertiary/aromatic N) is 2. The highest BCUT2D eigenvalue weighted by Crippen LogP contribution is 2.30. The summed E-state index contributed by atoms with van der Waals surface area (Å²) >= 11 is 1.72. The van der Waals surface area contributed by atoms with E-state index < -0.39 is 0 Å². The minimum Gasteiger partial charge on any atom is -0.320 e. The predicted molar refractivity (Wildman–Crippen MR) is 81.6 cm³/mol. The van der Waals surface area contributed by atoms with E-state index in [2.05, 4.69) is 39.7 Å². The maximum Gasteiger partial charge on any atom is 0.241 e. The summed E-state index contributed by atoms with van der Waals surface area (Å²) in [7, 11) is 2.18. The Kier molecular flexibility index (Phi) is 4.10. The van der Waals surface area contributed by atoms with E-state index >= 15 is 0 Å². The molecule has 0 aromatic carbocycles. The first kappa shape index (κ1) is 14.0. The topological polar surface area (TPSA) is 35.6 Å². The number of carbonyl (C=O) groups is 1. The lowest BCUT2D eigenvalue weighted by Gasteiger charge is -2.34. The highest BCUT2D eigenvalue weighted by molar-refractivity contribution is 7.10. The second-order valence-electron chi connectivity index (χ2n) is 6.07. The number of amides is 1. The molecule has 3 atom stereocenters. The summed E-state index contributed by atoms with van der Waals surface area (Å²) in [6, 6.07) is 4.11. The number of hydrogen-bond acceptors (Lipinski definition) is 4. The summed E-state index contributed by atoms with van der Waals surface area (Å²) in [6.07, 6.45) is 2.56. The minimum absolute atomic E-state index is 0.0663. The third-order valence-corrected chi connectivity index (χ3v) is 5.29. The molecule has 2 fully saturated rings. The van der Waals surface area contributed by atoms with Gasteiger partial charge in [-0.2, -0.15) is 0 Å². The quantitative estimate of drug-likeness (QED) is 0.925. The zero-order valence-electron chi connectivity index (χ0n) is 12.2. The highest BCUT2D eigenvalue weighted by Gasteiger charge is 2.38. The van der Waals surface area contributed by atoms with Gasteiger partial charge in [0.15, 0.2) is 0 Å². The first-order valence-corrected chi connectivity index (χ1v) is 8.31. The Bertz CT molecular complexity index is 462. The van der Waals surface area contributed by atoms with E-state index in [4.69, 9.17) is 0 Å². The summed E-state index contributed by atoms with van der Waals surface area (Å²) in [4.78, 5) is 18.1. The number of nitrogens with one attached hydrogen (secondary N) is 1. The third-order valence-electron chi connectivity index (χ3n) is 4.36. The van der Waals surface area contributed by atoms with Crippen LogP contribution in [0.25, 0.3) is 0 Å². The third kappa shape index (κ3) is 2.75. The number of carbonyl (C=O) groups excluding carboxylic acids is 1. The van der Waals surface area contributed by atoms with Crippen molar-refractivity contribution >= 4 is 17.2 Å². The molecule has 1 amide bonds. The minimum atomic E-state index is -0.0663. The second kappa shape index (κ2) is 5.84. The van der Waals surface area contributed by atoms with Crippen LogP contribution in [0.2, 0.25) is 0 Å². The van der Waals surface area contributed by atoms with Gasteiger partial charge in [0, 0.05) is 18.0 Å². The van der Waals surface area contributed by atoms with Crippen LogP contribution in [0, 0.1) is 5.92 Å².